The van der Waals surface area contributed by atoms with Crippen LogP contribution in [0, 0.1) is 0 Å². The normalized spacial score (nSPS) is 17.3. The SMILES string of the molecule is CCOC(=O)C1=C(O)/C(=C/c2ccccc2)SC1=Nc1ccccc1. The number of hydrogen-bond donors (Lipinski definition) is 1. The topological polar surface area (TPSA) is 58.9 Å². The van der Waals surface area contributed by atoms with E-state index in [4.69, 9.17) is 4.74 Å². The number of nitrogens with zero attached hydrogens (tertiary/aromatic N) is 1. The molecule has 0 spiro atoms. The first kappa shape index (κ1) is 17.0. The largest absolute Gasteiger partial charge is 0.506 e. The zero-order chi connectivity index (χ0) is 17.6. The Balaban J connectivity index is 2.03. The van der Waals surface area contributed by atoms with Crippen LogP contribution in [-0.2, 0) is 9.53 Å². The fraction of sp³-hybridized carbons (Fsp3) is 0.100. The van der Waals surface area contributed by atoms with Crippen LogP contribution in [-0.4, -0.2) is 22.7 Å². The predicted molar refractivity (Wildman–Crippen MR) is 102 cm³/mol. The van der Waals surface area contributed by atoms with Crippen molar-refractivity contribution in [2.75, 3.05) is 6.61 Å². The third-order valence-electron chi connectivity index (χ3n) is 3.45. The van der Waals surface area contributed by atoms with Gasteiger partial charge in [-0.15, -0.1) is 0 Å². The maximum absolute atomic E-state index is 12.3. The molecule has 1 aliphatic heterocycles. The van der Waals surface area contributed by atoms with E-state index in [1.165, 1.54) is 11.8 Å². The highest BCUT2D eigenvalue weighted by Gasteiger charge is 2.33. The number of carbonyl (C=O) groups is 1. The van der Waals surface area contributed by atoms with Gasteiger partial charge in [0.05, 0.1) is 17.2 Å². The number of thioether (sulfide) groups is 1. The molecule has 0 atom stereocenters. The van der Waals surface area contributed by atoms with Crippen molar-refractivity contribution >= 4 is 34.5 Å². The van der Waals surface area contributed by atoms with Crippen molar-refractivity contribution in [3.63, 3.8) is 0 Å². The summed E-state index contributed by atoms with van der Waals surface area (Å²) >= 11 is 1.26. The van der Waals surface area contributed by atoms with E-state index in [0.717, 1.165) is 5.56 Å². The Morgan fingerprint density at radius 2 is 1.76 bits per heavy atom. The molecule has 3 rings (SSSR count). The summed E-state index contributed by atoms with van der Waals surface area (Å²) in [5, 5.41) is 11.0. The fourth-order valence-electron chi connectivity index (χ4n) is 2.31. The first-order valence-electron chi connectivity index (χ1n) is 7.88. The third-order valence-corrected chi connectivity index (χ3v) is 4.47. The van der Waals surface area contributed by atoms with Crippen LogP contribution in [0.4, 0.5) is 5.69 Å². The minimum absolute atomic E-state index is 0.0954. The Morgan fingerprint density at radius 3 is 2.40 bits per heavy atom. The molecule has 25 heavy (non-hydrogen) atoms. The van der Waals surface area contributed by atoms with Gasteiger partial charge in [0.2, 0.25) is 0 Å². The minimum Gasteiger partial charge on any atom is -0.506 e. The zero-order valence-corrected chi connectivity index (χ0v) is 14.5. The van der Waals surface area contributed by atoms with Gasteiger partial charge in [-0.25, -0.2) is 9.79 Å². The lowest BCUT2D eigenvalue weighted by molar-refractivity contribution is -0.138. The molecule has 0 aliphatic carbocycles. The van der Waals surface area contributed by atoms with Crippen molar-refractivity contribution < 1.29 is 14.6 Å². The molecule has 0 unspecified atom stereocenters. The van der Waals surface area contributed by atoms with Gasteiger partial charge in [-0.2, -0.15) is 0 Å². The summed E-state index contributed by atoms with van der Waals surface area (Å²) in [5.74, 6) is -0.666. The van der Waals surface area contributed by atoms with Crippen LogP contribution in [0.1, 0.15) is 12.5 Å². The van der Waals surface area contributed by atoms with Gasteiger partial charge in [-0.1, -0.05) is 60.3 Å². The number of ether oxygens (including phenoxy) is 1. The number of aliphatic imine (C=N–C) groups is 1. The maximum Gasteiger partial charge on any atom is 0.344 e. The molecule has 126 valence electrons. The van der Waals surface area contributed by atoms with Crippen LogP contribution in [0.25, 0.3) is 6.08 Å². The van der Waals surface area contributed by atoms with Gasteiger partial charge in [0, 0.05) is 0 Å². The maximum atomic E-state index is 12.3. The van der Waals surface area contributed by atoms with Crippen molar-refractivity contribution in [1.29, 1.82) is 0 Å². The van der Waals surface area contributed by atoms with Crippen molar-refractivity contribution in [2.24, 2.45) is 4.99 Å². The van der Waals surface area contributed by atoms with Gasteiger partial charge in [0.1, 0.15) is 16.4 Å². The van der Waals surface area contributed by atoms with Gasteiger partial charge in [-0.05, 0) is 30.7 Å². The molecule has 1 aliphatic rings. The molecule has 1 N–H and O–H groups in total. The van der Waals surface area contributed by atoms with E-state index in [9.17, 15) is 9.90 Å². The molecule has 0 fully saturated rings. The highest BCUT2D eigenvalue weighted by Crippen LogP contribution is 2.40. The summed E-state index contributed by atoms with van der Waals surface area (Å²) in [6.07, 6.45) is 1.83. The second kappa shape index (κ2) is 7.85. The first-order valence-corrected chi connectivity index (χ1v) is 8.70. The number of aliphatic hydroxyl groups is 1. The zero-order valence-electron chi connectivity index (χ0n) is 13.7. The molecular weight excluding hydrogens is 334 g/mol. The molecular formula is C20H17NO3S. The van der Waals surface area contributed by atoms with Gasteiger partial charge >= 0.3 is 5.97 Å². The quantitative estimate of drug-likeness (QED) is 0.798. The molecule has 5 heteroatoms. The Morgan fingerprint density at radius 1 is 1.12 bits per heavy atom. The third kappa shape index (κ3) is 4.00. The van der Waals surface area contributed by atoms with E-state index in [1.54, 1.807) is 6.92 Å². The number of para-hydroxylation sites is 1. The summed E-state index contributed by atoms with van der Waals surface area (Å²) in [7, 11) is 0. The van der Waals surface area contributed by atoms with Crippen molar-refractivity contribution in [2.45, 2.75) is 6.92 Å². The molecule has 0 amide bonds. The standard InChI is InChI=1S/C20H17NO3S/c1-2-24-20(23)17-18(22)16(13-14-9-5-3-6-10-14)25-19(17)21-15-11-7-4-8-12-15/h3-13,22H,2H2,1H3/b16-13-,21-19?. The summed E-state index contributed by atoms with van der Waals surface area (Å²) in [4.78, 5) is 17.4. The molecule has 0 saturated carbocycles. The minimum atomic E-state index is -0.571. The Kier molecular flexibility index (Phi) is 5.36. The van der Waals surface area contributed by atoms with Crippen LogP contribution in [0.5, 0.6) is 0 Å². The highest BCUT2D eigenvalue weighted by atomic mass is 32.2. The van der Waals surface area contributed by atoms with E-state index in [2.05, 4.69) is 4.99 Å². The van der Waals surface area contributed by atoms with Crippen molar-refractivity contribution in [3.8, 4) is 0 Å². The number of rotatable bonds is 4. The number of aliphatic hydroxyl groups excluding tert-OH is 1. The van der Waals surface area contributed by atoms with Crippen molar-refractivity contribution in [1.82, 2.24) is 0 Å². The first-order chi connectivity index (χ1) is 12.2. The number of carbonyl (C=O) groups excluding carboxylic acids is 1. The van der Waals surface area contributed by atoms with E-state index < -0.39 is 5.97 Å². The second-order valence-electron chi connectivity index (χ2n) is 5.22. The van der Waals surface area contributed by atoms with Gasteiger partial charge in [0.25, 0.3) is 0 Å². The second-order valence-corrected chi connectivity index (χ2v) is 6.25. The molecule has 0 aromatic heterocycles. The lowest BCUT2D eigenvalue weighted by Crippen LogP contribution is -2.12. The Labute approximate surface area is 150 Å². The van der Waals surface area contributed by atoms with Gasteiger partial charge < -0.3 is 9.84 Å². The molecule has 0 saturated heterocycles. The fourth-order valence-corrected chi connectivity index (χ4v) is 3.35. The highest BCUT2D eigenvalue weighted by molar-refractivity contribution is 8.18. The van der Waals surface area contributed by atoms with Gasteiger partial charge in [0.15, 0.2) is 0 Å². The molecule has 2 aromatic carbocycles. The van der Waals surface area contributed by atoms with Crippen LogP contribution in [0.15, 0.2) is 81.9 Å². The van der Waals surface area contributed by atoms with E-state index in [0.29, 0.717) is 15.6 Å². The van der Waals surface area contributed by atoms with E-state index in [-0.39, 0.29) is 17.9 Å². The molecule has 0 bridgehead atoms. The molecule has 2 aromatic rings. The van der Waals surface area contributed by atoms with Gasteiger partial charge in [-0.3, -0.25) is 0 Å². The van der Waals surface area contributed by atoms with Crippen LogP contribution in [0.2, 0.25) is 0 Å². The van der Waals surface area contributed by atoms with Crippen LogP contribution < -0.4 is 0 Å². The lowest BCUT2D eigenvalue weighted by atomic mass is 10.1. The number of benzene rings is 2. The van der Waals surface area contributed by atoms with Crippen molar-refractivity contribution in [3.05, 3.63) is 82.5 Å². The average Bonchev–Trinajstić information content (AvgIpc) is 2.92. The number of esters is 1. The molecule has 1 heterocycles. The smallest absolute Gasteiger partial charge is 0.344 e. The predicted octanol–water partition coefficient (Wildman–Crippen LogP) is 4.88. The number of hydrogen-bond acceptors (Lipinski definition) is 5. The van der Waals surface area contributed by atoms with E-state index >= 15 is 0 Å². The summed E-state index contributed by atoms with van der Waals surface area (Å²) in [6.45, 7) is 1.96. The summed E-state index contributed by atoms with van der Waals surface area (Å²) in [6, 6.07) is 18.9. The van der Waals surface area contributed by atoms with Crippen LogP contribution in [0.3, 0.4) is 0 Å². The summed E-state index contributed by atoms with van der Waals surface area (Å²) < 4.78 is 5.08. The summed E-state index contributed by atoms with van der Waals surface area (Å²) in [5.41, 5.74) is 1.75. The molecule has 0 radical (unpaired) electrons. The Hall–Kier alpha value is -2.79. The monoisotopic (exact) mass is 351 g/mol. The van der Waals surface area contributed by atoms with E-state index in [1.807, 2.05) is 66.7 Å². The van der Waals surface area contributed by atoms with Crippen LogP contribution >= 0.6 is 11.8 Å². The lowest BCUT2D eigenvalue weighted by Gasteiger charge is -2.03. The Bertz CT molecular complexity index is 855. The molecule has 4 nitrogen and oxygen atoms in total. The average molecular weight is 351 g/mol.